The predicted octanol–water partition coefficient (Wildman–Crippen LogP) is 1.14. The zero-order chi connectivity index (χ0) is 13.1. The van der Waals surface area contributed by atoms with Crippen LogP contribution in [0.3, 0.4) is 0 Å². The molecule has 0 saturated carbocycles. The summed E-state index contributed by atoms with van der Waals surface area (Å²) in [6.07, 6.45) is 4.24. The van der Waals surface area contributed by atoms with Crippen molar-refractivity contribution in [1.29, 1.82) is 0 Å². The normalized spacial score (nSPS) is 12.6. The summed E-state index contributed by atoms with van der Waals surface area (Å²) >= 11 is 0. The van der Waals surface area contributed by atoms with Gasteiger partial charge >= 0.3 is 0 Å². The number of nitrogens with zero attached hydrogens (tertiary/aromatic N) is 3. The van der Waals surface area contributed by atoms with Crippen LogP contribution in [0, 0.1) is 0 Å². The van der Waals surface area contributed by atoms with E-state index < -0.39 is 0 Å². The SMILES string of the molecule is CC(CCN)N(C)C(=O)c1cnn2ccccc12. The Bertz CT molecular complexity index is 549. The largest absolute Gasteiger partial charge is 0.339 e. The van der Waals surface area contributed by atoms with Gasteiger partial charge in [-0.3, -0.25) is 4.79 Å². The van der Waals surface area contributed by atoms with Crippen molar-refractivity contribution in [2.45, 2.75) is 19.4 Å². The monoisotopic (exact) mass is 246 g/mol. The summed E-state index contributed by atoms with van der Waals surface area (Å²) in [5.41, 5.74) is 6.98. The van der Waals surface area contributed by atoms with E-state index in [1.165, 1.54) is 0 Å². The Morgan fingerprint density at radius 1 is 1.56 bits per heavy atom. The number of pyridine rings is 1. The van der Waals surface area contributed by atoms with Crippen LogP contribution in [0.2, 0.25) is 0 Å². The molecule has 96 valence electrons. The van der Waals surface area contributed by atoms with E-state index in [0.29, 0.717) is 12.1 Å². The van der Waals surface area contributed by atoms with E-state index in [1.807, 2.05) is 31.3 Å². The summed E-state index contributed by atoms with van der Waals surface area (Å²) in [5, 5.41) is 4.17. The lowest BCUT2D eigenvalue weighted by atomic mass is 10.1. The average molecular weight is 246 g/mol. The molecular weight excluding hydrogens is 228 g/mol. The Hall–Kier alpha value is -1.88. The standard InChI is InChI=1S/C13H18N4O/c1-10(6-7-14)16(2)13(18)11-9-15-17-8-4-3-5-12(11)17/h3-5,8-10H,6-7,14H2,1-2H3. The number of nitrogens with two attached hydrogens (primary N) is 1. The second-order valence-electron chi connectivity index (χ2n) is 4.43. The van der Waals surface area contributed by atoms with Gasteiger partial charge in [-0.25, -0.2) is 4.52 Å². The third-order valence-electron chi connectivity index (χ3n) is 3.22. The minimum absolute atomic E-state index is 0.0165. The summed E-state index contributed by atoms with van der Waals surface area (Å²) in [6.45, 7) is 2.57. The van der Waals surface area contributed by atoms with Crippen LogP contribution >= 0.6 is 0 Å². The molecule has 5 nitrogen and oxygen atoms in total. The molecule has 1 unspecified atom stereocenters. The molecule has 5 heteroatoms. The van der Waals surface area contributed by atoms with Gasteiger partial charge in [-0.2, -0.15) is 5.10 Å². The van der Waals surface area contributed by atoms with E-state index in [9.17, 15) is 4.79 Å². The van der Waals surface area contributed by atoms with Gasteiger partial charge in [0.05, 0.1) is 17.3 Å². The van der Waals surface area contributed by atoms with Gasteiger partial charge in [0.2, 0.25) is 0 Å². The molecule has 2 heterocycles. The molecule has 0 bridgehead atoms. The van der Waals surface area contributed by atoms with Crippen LogP contribution in [0.1, 0.15) is 23.7 Å². The molecule has 0 fully saturated rings. The Balaban J connectivity index is 2.28. The maximum Gasteiger partial charge on any atom is 0.257 e. The van der Waals surface area contributed by atoms with E-state index in [1.54, 1.807) is 22.7 Å². The fourth-order valence-electron chi connectivity index (χ4n) is 1.92. The van der Waals surface area contributed by atoms with Crippen LogP contribution in [0.25, 0.3) is 5.52 Å². The first-order chi connectivity index (χ1) is 8.65. The first kappa shape index (κ1) is 12.6. The molecule has 0 spiro atoms. The lowest BCUT2D eigenvalue weighted by Gasteiger charge is -2.24. The van der Waals surface area contributed by atoms with Crippen LogP contribution in [-0.4, -0.2) is 40.1 Å². The molecule has 2 N–H and O–H groups in total. The number of carbonyl (C=O) groups is 1. The van der Waals surface area contributed by atoms with E-state index in [-0.39, 0.29) is 11.9 Å². The molecule has 0 aliphatic heterocycles. The zero-order valence-electron chi connectivity index (χ0n) is 10.7. The molecule has 1 amide bonds. The van der Waals surface area contributed by atoms with Crippen molar-refractivity contribution in [1.82, 2.24) is 14.5 Å². The number of rotatable bonds is 4. The van der Waals surface area contributed by atoms with Gasteiger partial charge in [-0.1, -0.05) is 6.07 Å². The van der Waals surface area contributed by atoms with Gasteiger partial charge in [0.1, 0.15) is 0 Å². The minimum atomic E-state index is -0.0165. The predicted molar refractivity (Wildman–Crippen MR) is 70.4 cm³/mol. The van der Waals surface area contributed by atoms with Crippen molar-refractivity contribution in [3.05, 3.63) is 36.2 Å². The van der Waals surface area contributed by atoms with Crippen LogP contribution < -0.4 is 5.73 Å². The van der Waals surface area contributed by atoms with Gasteiger partial charge in [-0.05, 0) is 32.0 Å². The molecular formula is C13H18N4O. The first-order valence-electron chi connectivity index (χ1n) is 6.04. The van der Waals surface area contributed by atoms with E-state index in [4.69, 9.17) is 5.73 Å². The minimum Gasteiger partial charge on any atom is -0.339 e. The quantitative estimate of drug-likeness (QED) is 0.880. The average Bonchev–Trinajstić information content (AvgIpc) is 2.81. The van der Waals surface area contributed by atoms with Gasteiger partial charge in [0, 0.05) is 19.3 Å². The molecule has 0 aromatic carbocycles. The highest BCUT2D eigenvalue weighted by molar-refractivity contribution is 6.00. The Kier molecular flexibility index (Phi) is 3.62. The number of carbonyl (C=O) groups excluding carboxylic acids is 1. The van der Waals surface area contributed by atoms with Crippen LogP contribution in [0.15, 0.2) is 30.6 Å². The maximum absolute atomic E-state index is 12.4. The highest BCUT2D eigenvalue weighted by Crippen LogP contribution is 2.14. The molecule has 0 aliphatic carbocycles. The second-order valence-corrected chi connectivity index (χ2v) is 4.43. The fourth-order valence-corrected chi connectivity index (χ4v) is 1.92. The maximum atomic E-state index is 12.4. The summed E-state index contributed by atoms with van der Waals surface area (Å²) in [6, 6.07) is 5.80. The van der Waals surface area contributed by atoms with Crippen molar-refractivity contribution in [3.8, 4) is 0 Å². The Labute approximate surface area is 106 Å². The van der Waals surface area contributed by atoms with E-state index in [0.717, 1.165) is 11.9 Å². The Morgan fingerprint density at radius 3 is 3.06 bits per heavy atom. The number of amides is 1. The molecule has 1 atom stereocenters. The molecule has 0 aliphatic rings. The summed E-state index contributed by atoms with van der Waals surface area (Å²) < 4.78 is 1.70. The van der Waals surface area contributed by atoms with Gasteiger partial charge in [-0.15, -0.1) is 0 Å². The first-order valence-corrected chi connectivity index (χ1v) is 6.04. The van der Waals surface area contributed by atoms with Crippen molar-refractivity contribution in [3.63, 3.8) is 0 Å². The van der Waals surface area contributed by atoms with Crippen molar-refractivity contribution in [2.75, 3.05) is 13.6 Å². The molecule has 2 rings (SSSR count). The molecule has 0 saturated heterocycles. The zero-order valence-corrected chi connectivity index (χ0v) is 10.7. The van der Waals surface area contributed by atoms with E-state index in [2.05, 4.69) is 5.10 Å². The highest BCUT2D eigenvalue weighted by Gasteiger charge is 2.20. The van der Waals surface area contributed by atoms with E-state index >= 15 is 0 Å². The third-order valence-corrected chi connectivity index (χ3v) is 3.22. The smallest absolute Gasteiger partial charge is 0.257 e. The van der Waals surface area contributed by atoms with Crippen molar-refractivity contribution >= 4 is 11.4 Å². The number of hydrogen-bond acceptors (Lipinski definition) is 3. The topological polar surface area (TPSA) is 63.6 Å². The van der Waals surface area contributed by atoms with Crippen LogP contribution in [-0.2, 0) is 0 Å². The van der Waals surface area contributed by atoms with Gasteiger partial charge in [0.15, 0.2) is 0 Å². The summed E-state index contributed by atoms with van der Waals surface area (Å²) in [7, 11) is 1.80. The van der Waals surface area contributed by atoms with Gasteiger partial charge in [0.25, 0.3) is 5.91 Å². The third kappa shape index (κ3) is 2.22. The summed E-state index contributed by atoms with van der Waals surface area (Å²) in [5.74, 6) is -0.0165. The lowest BCUT2D eigenvalue weighted by Crippen LogP contribution is -2.36. The fraction of sp³-hybridized carbons (Fsp3) is 0.385. The van der Waals surface area contributed by atoms with Gasteiger partial charge < -0.3 is 10.6 Å². The molecule has 2 aromatic rings. The number of aromatic nitrogens is 2. The lowest BCUT2D eigenvalue weighted by molar-refractivity contribution is 0.0741. The van der Waals surface area contributed by atoms with Crippen molar-refractivity contribution in [2.24, 2.45) is 5.73 Å². The molecule has 0 radical (unpaired) electrons. The number of hydrogen-bond donors (Lipinski definition) is 1. The second kappa shape index (κ2) is 5.18. The number of fused-ring (bicyclic) bond motifs is 1. The van der Waals surface area contributed by atoms with Crippen molar-refractivity contribution < 1.29 is 4.79 Å². The Morgan fingerprint density at radius 2 is 2.33 bits per heavy atom. The van der Waals surface area contributed by atoms with Crippen LogP contribution in [0.4, 0.5) is 0 Å². The summed E-state index contributed by atoms with van der Waals surface area (Å²) in [4.78, 5) is 14.1. The highest BCUT2D eigenvalue weighted by atomic mass is 16.2. The molecule has 18 heavy (non-hydrogen) atoms. The molecule has 2 aromatic heterocycles. The van der Waals surface area contributed by atoms with Crippen LogP contribution in [0.5, 0.6) is 0 Å².